The fourth-order valence-corrected chi connectivity index (χ4v) is 4.02. The van der Waals surface area contributed by atoms with Crippen LogP contribution in [0.2, 0.25) is 0 Å². The van der Waals surface area contributed by atoms with E-state index >= 15 is 0 Å². The summed E-state index contributed by atoms with van der Waals surface area (Å²) in [4.78, 5) is 0. The lowest BCUT2D eigenvalue weighted by molar-refractivity contribution is -0.0934. The van der Waals surface area contributed by atoms with Crippen LogP contribution >= 0.6 is 0 Å². The number of hydrogen-bond donors (Lipinski definition) is 1. The molecule has 1 N–H and O–H groups in total. The molecule has 1 saturated heterocycles. The monoisotopic (exact) mass is 267 g/mol. The van der Waals surface area contributed by atoms with Gasteiger partial charge in [0.05, 0.1) is 5.60 Å². The van der Waals surface area contributed by atoms with Crippen LogP contribution in [0.1, 0.15) is 72.1 Å². The molecular weight excluding hydrogens is 234 g/mol. The van der Waals surface area contributed by atoms with Crippen LogP contribution in [0, 0.1) is 11.8 Å². The molecule has 2 rings (SSSR count). The topological polar surface area (TPSA) is 21.3 Å². The van der Waals surface area contributed by atoms with Crippen LogP contribution in [0.4, 0.5) is 0 Å². The summed E-state index contributed by atoms with van der Waals surface area (Å²) in [6, 6.07) is 0.686. The van der Waals surface area contributed by atoms with Crippen LogP contribution in [-0.2, 0) is 4.74 Å². The number of nitrogens with one attached hydrogen (secondary N) is 1. The highest BCUT2D eigenvalue weighted by Crippen LogP contribution is 2.32. The van der Waals surface area contributed by atoms with E-state index in [-0.39, 0.29) is 5.60 Å². The first-order valence-electron chi connectivity index (χ1n) is 8.54. The SMILES string of the molecule is CCC1(CC)CC(NCC2CCCC(C)C2)CCO1. The minimum atomic E-state index is 0.162. The van der Waals surface area contributed by atoms with Crippen molar-refractivity contribution in [3.63, 3.8) is 0 Å². The molecule has 3 unspecified atom stereocenters. The van der Waals surface area contributed by atoms with Crippen LogP contribution in [-0.4, -0.2) is 24.8 Å². The van der Waals surface area contributed by atoms with Gasteiger partial charge in [-0.2, -0.15) is 0 Å². The molecular formula is C17H33NO. The number of rotatable bonds is 5. The van der Waals surface area contributed by atoms with Crippen LogP contribution < -0.4 is 5.32 Å². The summed E-state index contributed by atoms with van der Waals surface area (Å²) in [5.41, 5.74) is 0.162. The molecule has 0 aromatic rings. The average molecular weight is 267 g/mol. The van der Waals surface area contributed by atoms with Crippen molar-refractivity contribution in [3.8, 4) is 0 Å². The van der Waals surface area contributed by atoms with Gasteiger partial charge in [0, 0.05) is 12.6 Å². The number of ether oxygens (including phenoxy) is 1. The van der Waals surface area contributed by atoms with Gasteiger partial charge in [0.1, 0.15) is 0 Å². The molecule has 0 bridgehead atoms. The fourth-order valence-electron chi connectivity index (χ4n) is 4.02. The van der Waals surface area contributed by atoms with E-state index in [1.54, 1.807) is 0 Å². The van der Waals surface area contributed by atoms with Gasteiger partial charge in [-0.3, -0.25) is 0 Å². The first-order chi connectivity index (χ1) is 9.17. The van der Waals surface area contributed by atoms with Crippen LogP contribution in [0.5, 0.6) is 0 Å². The van der Waals surface area contributed by atoms with E-state index in [0.29, 0.717) is 6.04 Å². The Bertz CT molecular complexity index is 262. The second kappa shape index (κ2) is 7.08. The van der Waals surface area contributed by atoms with Gasteiger partial charge < -0.3 is 10.1 Å². The summed E-state index contributed by atoms with van der Waals surface area (Å²) in [5.74, 6) is 1.87. The van der Waals surface area contributed by atoms with E-state index in [2.05, 4.69) is 26.1 Å². The smallest absolute Gasteiger partial charge is 0.0692 e. The first kappa shape index (κ1) is 15.3. The van der Waals surface area contributed by atoms with E-state index in [0.717, 1.165) is 31.3 Å². The lowest BCUT2D eigenvalue weighted by Crippen LogP contribution is -2.47. The lowest BCUT2D eigenvalue weighted by atomic mass is 9.81. The summed E-state index contributed by atoms with van der Waals surface area (Å²) >= 11 is 0. The summed E-state index contributed by atoms with van der Waals surface area (Å²) in [5, 5.41) is 3.86. The summed E-state index contributed by atoms with van der Waals surface area (Å²) in [6.45, 7) is 9.14. The molecule has 0 radical (unpaired) electrons. The van der Waals surface area contributed by atoms with Gasteiger partial charge in [-0.25, -0.2) is 0 Å². The standard InChI is InChI=1S/C17H33NO/c1-4-17(5-2)12-16(9-10-19-17)18-13-15-8-6-7-14(3)11-15/h14-16,18H,4-13H2,1-3H3. The third-order valence-electron chi connectivity index (χ3n) is 5.52. The molecule has 1 heterocycles. The van der Waals surface area contributed by atoms with Crippen molar-refractivity contribution < 1.29 is 4.74 Å². The normalized spacial score (nSPS) is 35.2. The lowest BCUT2D eigenvalue weighted by Gasteiger charge is -2.41. The second-order valence-electron chi connectivity index (χ2n) is 6.97. The van der Waals surface area contributed by atoms with Crippen LogP contribution in [0.15, 0.2) is 0 Å². The van der Waals surface area contributed by atoms with Crippen molar-refractivity contribution in [3.05, 3.63) is 0 Å². The van der Waals surface area contributed by atoms with Gasteiger partial charge in [0.2, 0.25) is 0 Å². The molecule has 1 aliphatic heterocycles. The third kappa shape index (κ3) is 4.19. The van der Waals surface area contributed by atoms with Crippen molar-refractivity contribution >= 4 is 0 Å². The minimum Gasteiger partial charge on any atom is -0.375 e. The Labute approximate surface area is 119 Å². The molecule has 0 spiro atoms. The highest BCUT2D eigenvalue weighted by atomic mass is 16.5. The van der Waals surface area contributed by atoms with E-state index in [9.17, 15) is 0 Å². The largest absolute Gasteiger partial charge is 0.375 e. The van der Waals surface area contributed by atoms with E-state index in [1.165, 1.54) is 45.1 Å². The Morgan fingerprint density at radius 1 is 1.16 bits per heavy atom. The molecule has 0 amide bonds. The maximum Gasteiger partial charge on any atom is 0.0692 e. The van der Waals surface area contributed by atoms with Crippen LogP contribution in [0.3, 0.4) is 0 Å². The zero-order chi connectivity index (χ0) is 13.7. The van der Waals surface area contributed by atoms with Gasteiger partial charge in [0.15, 0.2) is 0 Å². The Morgan fingerprint density at radius 3 is 2.63 bits per heavy atom. The molecule has 2 aliphatic rings. The van der Waals surface area contributed by atoms with E-state index in [4.69, 9.17) is 4.74 Å². The highest BCUT2D eigenvalue weighted by molar-refractivity contribution is 4.88. The third-order valence-corrected chi connectivity index (χ3v) is 5.52. The molecule has 1 aliphatic carbocycles. The molecule has 0 aromatic heterocycles. The zero-order valence-corrected chi connectivity index (χ0v) is 13.2. The average Bonchev–Trinajstić information content (AvgIpc) is 2.45. The molecule has 0 aromatic carbocycles. The molecule has 2 fully saturated rings. The van der Waals surface area contributed by atoms with Crippen molar-refractivity contribution in [1.82, 2.24) is 5.32 Å². The van der Waals surface area contributed by atoms with Crippen molar-refractivity contribution in [2.24, 2.45) is 11.8 Å². The van der Waals surface area contributed by atoms with Gasteiger partial charge in [-0.1, -0.05) is 33.6 Å². The van der Waals surface area contributed by atoms with Gasteiger partial charge in [0.25, 0.3) is 0 Å². The molecule has 1 saturated carbocycles. The summed E-state index contributed by atoms with van der Waals surface area (Å²) in [6.07, 6.45) is 10.5. The molecule has 19 heavy (non-hydrogen) atoms. The Morgan fingerprint density at radius 2 is 1.95 bits per heavy atom. The second-order valence-corrected chi connectivity index (χ2v) is 6.97. The fraction of sp³-hybridized carbons (Fsp3) is 1.00. The Hall–Kier alpha value is -0.0800. The van der Waals surface area contributed by atoms with Gasteiger partial charge in [-0.05, 0) is 56.9 Å². The van der Waals surface area contributed by atoms with Gasteiger partial charge >= 0.3 is 0 Å². The van der Waals surface area contributed by atoms with E-state index < -0.39 is 0 Å². The molecule has 112 valence electrons. The highest BCUT2D eigenvalue weighted by Gasteiger charge is 2.34. The quantitative estimate of drug-likeness (QED) is 0.808. The summed E-state index contributed by atoms with van der Waals surface area (Å²) in [7, 11) is 0. The Balaban J connectivity index is 1.76. The Kier molecular flexibility index (Phi) is 5.70. The maximum absolute atomic E-state index is 6.06. The number of hydrogen-bond acceptors (Lipinski definition) is 2. The van der Waals surface area contributed by atoms with Crippen molar-refractivity contribution in [2.75, 3.05) is 13.2 Å². The predicted molar refractivity (Wildman–Crippen MR) is 81.4 cm³/mol. The molecule has 2 nitrogen and oxygen atoms in total. The van der Waals surface area contributed by atoms with Crippen molar-refractivity contribution in [2.45, 2.75) is 83.8 Å². The van der Waals surface area contributed by atoms with Crippen LogP contribution in [0.25, 0.3) is 0 Å². The molecule has 2 heteroatoms. The first-order valence-corrected chi connectivity index (χ1v) is 8.54. The summed E-state index contributed by atoms with van der Waals surface area (Å²) < 4.78 is 6.06. The van der Waals surface area contributed by atoms with Gasteiger partial charge in [-0.15, -0.1) is 0 Å². The maximum atomic E-state index is 6.06. The van der Waals surface area contributed by atoms with E-state index in [1.807, 2.05) is 0 Å². The molecule has 3 atom stereocenters. The minimum absolute atomic E-state index is 0.162. The predicted octanol–water partition coefficient (Wildman–Crippen LogP) is 4.14. The van der Waals surface area contributed by atoms with Crippen molar-refractivity contribution in [1.29, 1.82) is 0 Å². The zero-order valence-electron chi connectivity index (χ0n) is 13.2.